The molecule has 32 heavy (non-hydrogen) atoms. The molecule has 0 aromatic heterocycles. The molecular weight excluding hydrogens is 408 g/mol. The molecule has 0 radical (unpaired) electrons. The minimum Gasteiger partial charge on any atom is -0.497 e. The highest BCUT2D eigenvalue weighted by Crippen LogP contribution is 2.37. The Morgan fingerprint density at radius 3 is 2.34 bits per heavy atom. The molecule has 4 rings (SSSR count). The quantitative estimate of drug-likeness (QED) is 0.406. The van der Waals surface area contributed by atoms with Crippen molar-refractivity contribution in [3.63, 3.8) is 0 Å². The first kappa shape index (κ1) is 21.2. The minimum atomic E-state index is -0.382. The van der Waals surface area contributed by atoms with E-state index in [4.69, 9.17) is 18.9 Å². The molecule has 0 amide bonds. The predicted molar refractivity (Wildman–Crippen MR) is 119 cm³/mol. The molecule has 0 saturated heterocycles. The van der Waals surface area contributed by atoms with Crippen LogP contribution in [0, 0.1) is 6.92 Å². The number of carbonyl (C=O) groups is 2. The topological polar surface area (TPSA) is 71.1 Å². The molecule has 0 spiro atoms. The van der Waals surface area contributed by atoms with E-state index in [2.05, 4.69) is 0 Å². The van der Waals surface area contributed by atoms with Crippen LogP contribution in [0.4, 0.5) is 0 Å². The SMILES string of the molecule is COC(=O)c1ccc(COc2cc(C)c3c(c2)O/C(=C\c2ccc(OC)cc2)C3=O)cc1. The number of benzene rings is 3. The Hall–Kier alpha value is -4.06. The monoisotopic (exact) mass is 430 g/mol. The molecule has 6 nitrogen and oxygen atoms in total. The second kappa shape index (κ2) is 8.98. The number of rotatable bonds is 6. The molecule has 0 atom stereocenters. The van der Waals surface area contributed by atoms with Crippen LogP contribution in [0.1, 0.15) is 37.4 Å². The van der Waals surface area contributed by atoms with Crippen molar-refractivity contribution in [2.24, 2.45) is 0 Å². The van der Waals surface area contributed by atoms with Crippen LogP contribution < -0.4 is 14.2 Å². The van der Waals surface area contributed by atoms with Gasteiger partial charge < -0.3 is 18.9 Å². The van der Waals surface area contributed by atoms with Crippen LogP contribution in [-0.2, 0) is 11.3 Å². The molecule has 1 heterocycles. The van der Waals surface area contributed by atoms with Crippen LogP contribution in [0.5, 0.6) is 17.2 Å². The van der Waals surface area contributed by atoms with Gasteiger partial charge in [-0.1, -0.05) is 24.3 Å². The average molecular weight is 430 g/mol. The first-order chi connectivity index (χ1) is 15.5. The number of allylic oxidation sites excluding steroid dienone is 1. The third-order valence-electron chi connectivity index (χ3n) is 5.14. The van der Waals surface area contributed by atoms with Gasteiger partial charge >= 0.3 is 5.97 Å². The first-order valence-electron chi connectivity index (χ1n) is 10.0. The molecule has 0 bridgehead atoms. The summed E-state index contributed by atoms with van der Waals surface area (Å²) in [6.45, 7) is 2.16. The standard InChI is InChI=1S/C26H22O6/c1-16-12-21(31-15-18-4-8-19(9-5-18)26(28)30-3)14-22-24(16)25(27)23(32-22)13-17-6-10-20(29-2)11-7-17/h4-14H,15H2,1-3H3/b23-13-. The zero-order valence-electron chi connectivity index (χ0n) is 18.0. The van der Waals surface area contributed by atoms with Gasteiger partial charge in [-0.15, -0.1) is 0 Å². The lowest BCUT2D eigenvalue weighted by atomic mass is 10.0. The Kier molecular flexibility index (Phi) is 5.94. The van der Waals surface area contributed by atoms with Crippen molar-refractivity contribution >= 4 is 17.8 Å². The number of Topliss-reactive ketones (excluding diaryl/α,β-unsaturated/α-hetero) is 1. The van der Waals surface area contributed by atoms with Gasteiger partial charge in [0.15, 0.2) is 5.76 Å². The molecule has 3 aromatic carbocycles. The van der Waals surface area contributed by atoms with Gasteiger partial charge in [0.25, 0.3) is 0 Å². The van der Waals surface area contributed by atoms with E-state index in [0.29, 0.717) is 29.2 Å². The molecule has 1 aliphatic heterocycles. The molecule has 3 aromatic rings. The molecular formula is C26H22O6. The largest absolute Gasteiger partial charge is 0.497 e. The van der Waals surface area contributed by atoms with Crippen molar-refractivity contribution in [2.75, 3.05) is 14.2 Å². The zero-order valence-corrected chi connectivity index (χ0v) is 18.0. The van der Waals surface area contributed by atoms with Crippen LogP contribution in [-0.4, -0.2) is 26.0 Å². The van der Waals surface area contributed by atoms with Crippen LogP contribution in [0.3, 0.4) is 0 Å². The van der Waals surface area contributed by atoms with Gasteiger partial charge in [0.05, 0.1) is 25.3 Å². The summed E-state index contributed by atoms with van der Waals surface area (Å²) in [5, 5.41) is 0. The molecule has 0 saturated carbocycles. The zero-order chi connectivity index (χ0) is 22.7. The molecule has 0 unspecified atom stereocenters. The second-order valence-corrected chi connectivity index (χ2v) is 7.30. The lowest BCUT2D eigenvalue weighted by molar-refractivity contribution is 0.0600. The molecule has 0 aliphatic carbocycles. The van der Waals surface area contributed by atoms with Crippen LogP contribution in [0.25, 0.3) is 6.08 Å². The van der Waals surface area contributed by atoms with Gasteiger partial charge in [0.2, 0.25) is 5.78 Å². The Morgan fingerprint density at radius 2 is 1.69 bits per heavy atom. The van der Waals surface area contributed by atoms with E-state index >= 15 is 0 Å². The first-order valence-corrected chi connectivity index (χ1v) is 10.0. The fraction of sp³-hybridized carbons (Fsp3) is 0.154. The Labute approximate surface area is 186 Å². The Bertz CT molecular complexity index is 1190. The molecule has 6 heteroatoms. The lowest BCUT2D eigenvalue weighted by Crippen LogP contribution is -2.02. The number of hydrogen-bond donors (Lipinski definition) is 0. The summed E-state index contributed by atoms with van der Waals surface area (Å²) in [5.41, 5.74) is 3.54. The normalized spacial score (nSPS) is 13.5. The van der Waals surface area contributed by atoms with Crippen molar-refractivity contribution in [1.29, 1.82) is 0 Å². The van der Waals surface area contributed by atoms with Crippen molar-refractivity contribution in [2.45, 2.75) is 13.5 Å². The van der Waals surface area contributed by atoms with Crippen LogP contribution in [0.15, 0.2) is 66.4 Å². The predicted octanol–water partition coefficient (Wildman–Crippen LogP) is 4.99. The second-order valence-electron chi connectivity index (χ2n) is 7.30. The number of carbonyl (C=O) groups excluding carboxylic acids is 2. The van der Waals surface area contributed by atoms with Crippen LogP contribution >= 0.6 is 0 Å². The summed E-state index contributed by atoms with van der Waals surface area (Å²) in [6, 6.07) is 17.9. The fourth-order valence-corrected chi connectivity index (χ4v) is 3.43. The molecule has 0 N–H and O–H groups in total. The van der Waals surface area contributed by atoms with E-state index in [1.165, 1.54) is 7.11 Å². The summed E-state index contributed by atoms with van der Waals surface area (Å²) in [5.74, 6) is 1.54. The molecule has 1 aliphatic rings. The van der Waals surface area contributed by atoms with Gasteiger partial charge in [-0.2, -0.15) is 0 Å². The van der Waals surface area contributed by atoms with E-state index in [-0.39, 0.29) is 17.5 Å². The van der Waals surface area contributed by atoms with Gasteiger partial charge in [-0.25, -0.2) is 4.79 Å². The van der Waals surface area contributed by atoms with Gasteiger partial charge in [0.1, 0.15) is 23.9 Å². The molecule has 162 valence electrons. The van der Waals surface area contributed by atoms with Crippen molar-refractivity contribution < 1.29 is 28.5 Å². The van der Waals surface area contributed by atoms with Crippen molar-refractivity contribution in [1.82, 2.24) is 0 Å². The maximum atomic E-state index is 12.9. The smallest absolute Gasteiger partial charge is 0.337 e. The number of methoxy groups -OCH3 is 2. The van der Waals surface area contributed by atoms with E-state index in [9.17, 15) is 9.59 Å². The van der Waals surface area contributed by atoms with E-state index < -0.39 is 0 Å². The molecule has 0 fully saturated rings. The van der Waals surface area contributed by atoms with Gasteiger partial charge in [-0.3, -0.25) is 4.79 Å². The number of esters is 1. The summed E-state index contributed by atoms with van der Waals surface area (Å²) in [4.78, 5) is 24.4. The number of fused-ring (bicyclic) bond motifs is 1. The Morgan fingerprint density at radius 1 is 0.969 bits per heavy atom. The maximum Gasteiger partial charge on any atom is 0.337 e. The summed E-state index contributed by atoms with van der Waals surface area (Å²) < 4.78 is 21.6. The van der Waals surface area contributed by atoms with E-state index in [1.54, 1.807) is 31.4 Å². The summed E-state index contributed by atoms with van der Waals surface area (Å²) >= 11 is 0. The third kappa shape index (κ3) is 4.34. The number of hydrogen-bond acceptors (Lipinski definition) is 6. The van der Waals surface area contributed by atoms with Gasteiger partial charge in [-0.05, 0) is 60.0 Å². The van der Waals surface area contributed by atoms with Crippen molar-refractivity contribution in [3.05, 3.63) is 94.2 Å². The summed E-state index contributed by atoms with van der Waals surface area (Å²) in [6.07, 6.45) is 1.71. The minimum absolute atomic E-state index is 0.154. The lowest BCUT2D eigenvalue weighted by Gasteiger charge is -2.09. The highest BCUT2D eigenvalue weighted by molar-refractivity contribution is 6.15. The summed E-state index contributed by atoms with van der Waals surface area (Å²) in [7, 11) is 2.95. The highest BCUT2D eigenvalue weighted by atomic mass is 16.5. The Balaban J connectivity index is 1.49. The van der Waals surface area contributed by atoms with E-state index in [0.717, 1.165) is 22.4 Å². The third-order valence-corrected chi connectivity index (χ3v) is 5.14. The highest BCUT2D eigenvalue weighted by Gasteiger charge is 2.30. The number of ether oxygens (including phenoxy) is 4. The average Bonchev–Trinajstić information content (AvgIpc) is 3.13. The van der Waals surface area contributed by atoms with E-state index in [1.807, 2.05) is 49.4 Å². The maximum absolute atomic E-state index is 12.9. The number of aryl methyl sites for hydroxylation is 1. The number of ketones is 1. The fourth-order valence-electron chi connectivity index (χ4n) is 3.43. The van der Waals surface area contributed by atoms with Crippen molar-refractivity contribution in [3.8, 4) is 17.2 Å². The van der Waals surface area contributed by atoms with Gasteiger partial charge in [0, 0.05) is 6.07 Å². The van der Waals surface area contributed by atoms with Crippen LogP contribution in [0.2, 0.25) is 0 Å².